The second kappa shape index (κ2) is 10.3. The molecule has 0 saturated heterocycles. The van der Waals surface area contributed by atoms with Gasteiger partial charge in [0.25, 0.3) is 0 Å². The summed E-state index contributed by atoms with van der Waals surface area (Å²) in [5.41, 5.74) is 1.40. The van der Waals surface area contributed by atoms with E-state index in [4.69, 9.17) is 4.99 Å². The van der Waals surface area contributed by atoms with Crippen molar-refractivity contribution in [3.63, 3.8) is 0 Å². The summed E-state index contributed by atoms with van der Waals surface area (Å²) >= 11 is 0. The fourth-order valence-corrected chi connectivity index (χ4v) is 2.64. The number of hydrogen-bond acceptors (Lipinski definition) is 1. The molecule has 1 heteroatoms. The summed E-state index contributed by atoms with van der Waals surface area (Å²) in [7, 11) is 0. The Balaban J connectivity index is 2.54. The Morgan fingerprint density at radius 2 is 1.83 bits per heavy atom. The average molecular weight is 249 g/mol. The highest BCUT2D eigenvalue weighted by molar-refractivity contribution is 5.96. The zero-order valence-electron chi connectivity index (χ0n) is 12.5. The molecule has 0 aliphatic carbocycles. The van der Waals surface area contributed by atoms with Crippen molar-refractivity contribution in [2.45, 2.75) is 78.1 Å². The third-order valence-corrected chi connectivity index (χ3v) is 3.84. The van der Waals surface area contributed by atoms with Crippen molar-refractivity contribution >= 4 is 5.71 Å². The van der Waals surface area contributed by atoms with Crippen molar-refractivity contribution < 1.29 is 0 Å². The lowest BCUT2D eigenvalue weighted by molar-refractivity contribution is 0.511. The number of nitrogens with zero attached hydrogens (tertiary/aromatic N) is 1. The zero-order valence-corrected chi connectivity index (χ0v) is 12.5. The standard InChI is InChI=1S/C17H31N/c1-3-5-9-13-16(12-6-4-2)17-14-10-7-8-11-15-18-17/h10,14,16H,3-9,11-13,15H2,1-2H3/b14-10-,18-17+. The van der Waals surface area contributed by atoms with Crippen molar-refractivity contribution in [1.29, 1.82) is 0 Å². The van der Waals surface area contributed by atoms with Gasteiger partial charge in [-0.3, -0.25) is 4.99 Å². The molecule has 1 heterocycles. The van der Waals surface area contributed by atoms with Gasteiger partial charge in [0.2, 0.25) is 0 Å². The number of unbranched alkanes of at least 4 members (excludes halogenated alkanes) is 3. The van der Waals surface area contributed by atoms with Gasteiger partial charge < -0.3 is 0 Å². The quantitative estimate of drug-likeness (QED) is 0.500. The lowest BCUT2D eigenvalue weighted by Gasteiger charge is -2.18. The Bertz CT molecular complexity index is 252. The smallest absolute Gasteiger partial charge is 0.0392 e. The minimum absolute atomic E-state index is 0.728. The summed E-state index contributed by atoms with van der Waals surface area (Å²) in [4.78, 5) is 4.85. The van der Waals surface area contributed by atoms with E-state index in [9.17, 15) is 0 Å². The molecule has 0 spiro atoms. The molecule has 1 unspecified atom stereocenters. The predicted octanol–water partition coefficient (Wildman–Crippen LogP) is 5.55. The van der Waals surface area contributed by atoms with E-state index < -0.39 is 0 Å². The highest BCUT2D eigenvalue weighted by atomic mass is 14.7. The first-order chi connectivity index (χ1) is 8.88. The van der Waals surface area contributed by atoms with Crippen LogP contribution in [0.5, 0.6) is 0 Å². The zero-order chi connectivity index (χ0) is 13.1. The second-order valence-electron chi connectivity index (χ2n) is 5.54. The van der Waals surface area contributed by atoms with Gasteiger partial charge in [0.1, 0.15) is 0 Å². The first-order valence-electron chi connectivity index (χ1n) is 8.09. The summed E-state index contributed by atoms with van der Waals surface area (Å²) in [6.45, 7) is 5.63. The van der Waals surface area contributed by atoms with Crippen LogP contribution in [0.25, 0.3) is 0 Å². The molecule has 0 aromatic rings. The molecule has 1 aliphatic heterocycles. The summed E-state index contributed by atoms with van der Waals surface area (Å²) in [6, 6.07) is 0. The topological polar surface area (TPSA) is 12.4 Å². The molecule has 0 fully saturated rings. The maximum Gasteiger partial charge on any atom is 0.0392 e. The highest BCUT2D eigenvalue weighted by Gasteiger charge is 2.13. The fraction of sp³-hybridized carbons (Fsp3) is 0.824. The van der Waals surface area contributed by atoms with Crippen LogP contribution >= 0.6 is 0 Å². The highest BCUT2D eigenvalue weighted by Crippen LogP contribution is 2.20. The average Bonchev–Trinajstić information content (AvgIpc) is 2.34. The van der Waals surface area contributed by atoms with Crippen LogP contribution in [-0.4, -0.2) is 12.3 Å². The summed E-state index contributed by atoms with van der Waals surface area (Å²) in [5, 5.41) is 0. The number of rotatable bonds is 8. The van der Waals surface area contributed by atoms with E-state index in [0.717, 1.165) is 12.5 Å². The molecule has 18 heavy (non-hydrogen) atoms. The summed E-state index contributed by atoms with van der Waals surface area (Å²) < 4.78 is 0. The van der Waals surface area contributed by atoms with Crippen molar-refractivity contribution in [2.24, 2.45) is 10.9 Å². The molecule has 0 radical (unpaired) electrons. The van der Waals surface area contributed by atoms with Gasteiger partial charge in [0, 0.05) is 18.2 Å². The molecule has 1 rings (SSSR count). The van der Waals surface area contributed by atoms with E-state index in [2.05, 4.69) is 26.0 Å². The maximum atomic E-state index is 4.85. The fourth-order valence-electron chi connectivity index (χ4n) is 2.64. The van der Waals surface area contributed by atoms with Gasteiger partial charge in [-0.15, -0.1) is 0 Å². The third kappa shape index (κ3) is 6.37. The molecule has 1 aliphatic rings. The molecule has 0 amide bonds. The van der Waals surface area contributed by atoms with Crippen LogP contribution in [0.4, 0.5) is 0 Å². The van der Waals surface area contributed by atoms with Gasteiger partial charge in [-0.25, -0.2) is 0 Å². The van der Waals surface area contributed by atoms with Crippen LogP contribution in [0.1, 0.15) is 78.1 Å². The predicted molar refractivity (Wildman–Crippen MR) is 82.5 cm³/mol. The Hall–Kier alpha value is -0.590. The van der Waals surface area contributed by atoms with Crippen molar-refractivity contribution in [3.05, 3.63) is 12.2 Å². The minimum atomic E-state index is 0.728. The normalized spacial score (nSPS) is 22.7. The lowest BCUT2D eigenvalue weighted by Crippen LogP contribution is -2.14. The minimum Gasteiger partial charge on any atom is -0.289 e. The van der Waals surface area contributed by atoms with E-state index >= 15 is 0 Å². The molecule has 0 bridgehead atoms. The lowest BCUT2D eigenvalue weighted by atomic mass is 9.90. The molecule has 0 aromatic heterocycles. The van der Waals surface area contributed by atoms with Gasteiger partial charge >= 0.3 is 0 Å². The number of allylic oxidation sites excluding steroid dienone is 2. The second-order valence-corrected chi connectivity index (χ2v) is 5.54. The van der Waals surface area contributed by atoms with Crippen molar-refractivity contribution in [2.75, 3.05) is 6.54 Å². The van der Waals surface area contributed by atoms with Crippen molar-refractivity contribution in [3.8, 4) is 0 Å². The van der Waals surface area contributed by atoms with E-state index in [1.54, 1.807) is 0 Å². The van der Waals surface area contributed by atoms with Gasteiger partial charge in [0.05, 0.1) is 0 Å². The largest absolute Gasteiger partial charge is 0.289 e. The van der Waals surface area contributed by atoms with Crippen LogP contribution < -0.4 is 0 Å². The Morgan fingerprint density at radius 3 is 2.61 bits per heavy atom. The van der Waals surface area contributed by atoms with Gasteiger partial charge in [-0.2, -0.15) is 0 Å². The summed E-state index contributed by atoms with van der Waals surface area (Å²) in [6.07, 6.45) is 17.9. The van der Waals surface area contributed by atoms with E-state index in [1.165, 1.54) is 69.9 Å². The molecule has 0 saturated carbocycles. The number of aliphatic imine (C=N–C) groups is 1. The number of hydrogen-bond donors (Lipinski definition) is 0. The Kier molecular flexibility index (Phi) is 8.89. The molecule has 0 N–H and O–H groups in total. The Morgan fingerprint density at radius 1 is 1.06 bits per heavy atom. The SMILES string of the molecule is CCCCCC(CCCC)C1=N/CCCC/C=C\1. The monoisotopic (exact) mass is 249 g/mol. The van der Waals surface area contributed by atoms with E-state index in [1.807, 2.05) is 0 Å². The molecule has 1 nitrogen and oxygen atoms in total. The van der Waals surface area contributed by atoms with E-state index in [0.29, 0.717) is 0 Å². The molecule has 104 valence electrons. The van der Waals surface area contributed by atoms with Gasteiger partial charge in [-0.1, -0.05) is 52.0 Å². The van der Waals surface area contributed by atoms with Crippen LogP contribution in [0, 0.1) is 5.92 Å². The third-order valence-electron chi connectivity index (χ3n) is 3.84. The molecular formula is C17H31N. The van der Waals surface area contributed by atoms with Crippen LogP contribution in [0.2, 0.25) is 0 Å². The maximum absolute atomic E-state index is 4.85. The van der Waals surface area contributed by atoms with Crippen molar-refractivity contribution in [1.82, 2.24) is 0 Å². The molecular weight excluding hydrogens is 218 g/mol. The van der Waals surface area contributed by atoms with Gasteiger partial charge in [0.15, 0.2) is 0 Å². The first-order valence-corrected chi connectivity index (χ1v) is 8.09. The molecule has 0 aromatic carbocycles. The van der Waals surface area contributed by atoms with Crippen LogP contribution in [0.3, 0.4) is 0 Å². The summed E-state index contributed by atoms with van der Waals surface area (Å²) in [5.74, 6) is 0.728. The van der Waals surface area contributed by atoms with Crippen LogP contribution in [-0.2, 0) is 0 Å². The van der Waals surface area contributed by atoms with Gasteiger partial charge in [-0.05, 0) is 38.2 Å². The first kappa shape index (κ1) is 15.5. The van der Waals surface area contributed by atoms with E-state index in [-0.39, 0.29) is 0 Å². The molecule has 1 atom stereocenters. The van der Waals surface area contributed by atoms with Crippen LogP contribution in [0.15, 0.2) is 17.1 Å². The Labute approximate surface area is 114 Å².